The van der Waals surface area contributed by atoms with Crippen molar-refractivity contribution in [2.75, 3.05) is 10.6 Å². The molecule has 0 bridgehead atoms. The minimum Gasteiger partial charge on any atom is -0.441 e. The van der Waals surface area contributed by atoms with E-state index in [0.29, 0.717) is 22.6 Å². The molecule has 0 saturated heterocycles. The number of amides is 2. The second kappa shape index (κ2) is 8.19. The maximum Gasteiger partial charge on any atom is 0.311 e. The Bertz CT molecular complexity index is 1390. The molecule has 32 heavy (non-hydrogen) atoms. The number of anilines is 2. The van der Waals surface area contributed by atoms with Crippen LogP contribution in [0.1, 0.15) is 21.0 Å². The van der Waals surface area contributed by atoms with E-state index in [1.54, 1.807) is 24.3 Å². The summed E-state index contributed by atoms with van der Waals surface area (Å²) in [5.74, 6) is 0.0336. The van der Waals surface area contributed by atoms with Gasteiger partial charge in [-0.05, 0) is 54.6 Å². The molecule has 0 aliphatic carbocycles. The second-order valence-corrected chi connectivity index (χ2v) is 7.01. The van der Waals surface area contributed by atoms with Crippen LogP contribution < -0.4 is 10.6 Å². The Kier molecular flexibility index (Phi) is 4.93. The van der Waals surface area contributed by atoms with Crippen molar-refractivity contribution in [3.8, 4) is 11.4 Å². The molecular formula is C24H17N5O3. The summed E-state index contributed by atoms with van der Waals surface area (Å²) in [4.78, 5) is 36.3. The molecule has 0 fully saturated rings. The van der Waals surface area contributed by atoms with Crippen LogP contribution in [0.4, 0.5) is 11.4 Å². The number of aromatic nitrogens is 3. The number of imidazole rings is 1. The van der Waals surface area contributed by atoms with Crippen LogP contribution in [0.15, 0.2) is 89.7 Å². The maximum atomic E-state index is 12.6. The third-order valence-corrected chi connectivity index (χ3v) is 4.82. The number of para-hydroxylation sites is 1. The SMILES string of the molecule is O=C(Nc1ccccc1)c1ccc2[nH]c(-c3ccc(NC(=O)c4ncco4)cc3)nc2c1. The zero-order valence-electron chi connectivity index (χ0n) is 16.7. The molecule has 0 aliphatic rings. The van der Waals surface area contributed by atoms with Crippen molar-refractivity contribution in [2.24, 2.45) is 0 Å². The van der Waals surface area contributed by atoms with Crippen LogP contribution in [0, 0.1) is 0 Å². The lowest BCUT2D eigenvalue weighted by atomic mass is 10.2. The monoisotopic (exact) mass is 423 g/mol. The van der Waals surface area contributed by atoms with E-state index in [-0.39, 0.29) is 11.8 Å². The van der Waals surface area contributed by atoms with E-state index in [0.717, 1.165) is 16.8 Å². The molecule has 3 N–H and O–H groups in total. The summed E-state index contributed by atoms with van der Waals surface area (Å²) in [6, 6.07) is 21.8. The lowest BCUT2D eigenvalue weighted by Crippen LogP contribution is -2.11. The smallest absolute Gasteiger partial charge is 0.311 e. The number of hydrogen-bond acceptors (Lipinski definition) is 5. The first-order valence-corrected chi connectivity index (χ1v) is 9.83. The Morgan fingerprint density at radius 2 is 1.59 bits per heavy atom. The van der Waals surface area contributed by atoms with E-state index >= 15 is 0 Å². The Morgan fingerprint density at radius 3 is 2.34 bits per heavy atom. The minimum absolute atomic E-state index is 0.00142. The van der Waals surface area contributed by atoms with Gasteiger partial charge in [0, 0.05) is 22.5 Å². The number of benzene rings is 3. The number of aromatic amines is 1. The van der Waals surface area contributed by atoms with Gasteiger partial charge < -0.3 is 20.0 Å². The molecule has 8 nitrogen and oxygen atoms in total. The molecule has 0 aliphatic heterocycles. The minimum atomic E-state index is -0.423. The highest BCUT2D eigenvalue weighted by Gasteiger charge is 2.12. The van der Waals surface area contributed by atoms with Crippen LogP contribution in [0.25, 0.3) is 22.4 Å². The normalized spacial score (nSPS) is 10.8. The molecule has 0 radical (unpaired) electrons. The fraction of sp³-hybridized carbons (Fsp3) is 0. The number of nitrogens with zero attached hydrogens (tertiary/aromatic N) is 2. The van der Waals surface area contributed by atoms with E-state index in [2.05, 4.69) is 25.6 Å². The third-order valence-electron chi connectivity index (χ3n) is 4.82. The van der Waals surface area contributed by atoms with Gasteiger partial charge in [0.1, 0.15) is 12.1 Å². The van der Waals surface area contributed by atoms with Crippen molar-refractivity contribution < 1.29 is 14.0 Å². The molecule has 156 valence electrons. The van der Waals surface area contributed by atoms with E-state index in [1.165, 1.54) is 12.5 Å². The van der Waals surface area contributed by atoms with Gasteiger partial charge in [-0.25, -0.2) is 9.97 Å². The molecule has 2 heterocycles. The number of carbonyl (C=O) groups excluding carboxylic acids is 2. The van der Waals surface area contributed by atoms with Crippen LogP contribution in [-0.2, 0) is 0 Å². The number of oxazole rings is 1. The summed E-state index contributed by atoms with van der Waals surface area (Å²) in [7, 11) is 0. The lowest BCUT2D eigenvalue weighted by Gasteiger charge is -2.04. The van der Waals surface area contributed by atoms with Gasteiger partial charge in [0.05, 0.1) is 17.2 Å². The summed E-state index contributed by atoms with van der Waals surface area (Å²) in [5, 5.41) is 5.59. The van der Waals surface area contributed by atoms with Crippen molar-refractivity contribution in [1.82, 2.24) is 15.0 Å². The van der Waals surface area contributed by atoms with E-state index in [9.17, 15) is 9.59 Å². The van der Waals surface area contributed by atoms with Crippen LogP contribution >= 0.6 is 0 Å². The molecule has 5 aromatic rings. The first-order chi connectivity index (χ1) is 15.7. The van der Waals surface area contributed by atoms with Crippen molar-refractivity contribution in [3.63, 3.8) is 0 Å². The quantitative estimate of drug-likeness (QED) is 0.378. The van der Waals surface area contributed by atoms with Gasteiger partial charge in [-0.15, -0.1) is 0 Å². The maximum absolute atomic E-state index is 12.6. The summed E-state index contributed by atoms with van der Waals surface area (Å²) < 4.78 is 4.99. The number of carbonyl (C=O) groups is 2. The molecule has 0 unspecified atom stereocenters. The largest absolute Gasteiger partial charge is 0.441 e. The predicted octanol–water partition coefficient (Wildman–Crippen LogP) is 4.72. The molecule has 0 spiro atoms. The van der Waals surface area contributed by atoms with Crippen LogP contribution in [0.3, 0.4) is 0 Å². The summed E-state index contributed by atoms with van der Waals surface area (Å²) in [6.07, 6.45) is 2.76. The molecule has 2 aromatic heterocycles. The molecule has 2 amide bonds. The first-order valence-electron chi connectivity index (χ1n) is 9.83. The van der Waals surface area contributed by atoms with Gasteiger partial charge in [-0.2, -0.15) is 0 Å². The Labute approximate surface area is 182 Å². The molecular weight excluding hydrogens is 406 g/mol. The van der Waals surface area contributed by atoms with Gasteiger partial charge in [0.15, 0.2) is 0 Å². The van der Waals surface area contributed by atoms with Gasteiger partial charge >= 0.3 is 5.91 Å². The number of fused-ring (bicyclic) bond motifs is 1. The average molecular weight is 423 g/mol. The number of nitrogens with one attached hydrogen (secondary N) is 3. The molecule has 0 saturated carbocycles. The van der Waals surface area contributed by atoms with Crippen LogP contribution in [0.2, 0.25) is 0 Å². The highest BCUT2D eigenvalue weighted by atomic mass is 16.3. The van der Waals surface area contributed by atoms with E-state index in [1.807, 2.05) is 48.5 Å². The zero-order valence-corrected chi connectivity index (χ0v) is 16.7. The Hall–Kier alpha value is -4.72. The van der Waals surface area contributed by atoms with Gasteiger partial charge in [0.2, 0.25) is 0 Å². The topological polar surface area (TPSA) is 113 Å². The van der Waals surface area contributed by atoms with Crippen molar-refractivity contribution in [1.29, 1.82) is 0 Å². The van der Waals surface area contributed by atoms with Crippen molar-refractivity contribution in [3.05, 3.63) is 96.7 Å². The van der Waals surface area contributed by atoms with Gasteiger partial charge in [0.25, 0.3) is 11.8 Å². The third kappa shape index (κ3) is 3.97. The summed E-state index contributed by atoms with van der Waals surface area (Å²) >= 11 is 0. The summed E-state index contributed by atoms with van der Waals surface area (Å²) in [6.45, 7) is 0. The second-order valence-electron chi connectivity index (χ2n) is 7.01. The van der Waals surface area contributed by atoms with Crippen LogP contribution in [0.5, 0.6) is 0 Å². The standard InChI is InChI=1S/C24H17N5O3/c30-22(26-17-4-2-1-3-5-17)16-8-11-19-20(14-16)29-21(28-19)15-6-9-18(10-7-15)27-23(31)24-25-12-13-32-24/h1-14H,(H,26,30)(H,27,31)(H,28,29). The number of hydrogen-bond donors (Lipinski definition) is 3. The lowest BCUT2D eigenvalue weighted by molar-refractivity contribution is 0.0988. The fourth-order valence-corrected chi connectivity index (χ4v) is 3.24. The van der Waals surface area contributed by atoms with Crippen molar-refractivity contribution in [2.45, 2.75) is 0 Å². The molecule has 5 rings (SSSR count). The summed E-state index contributed by atoms with van der Waals surface area (Å²) in [5.41, 5.74) is 4.19. The van der Waals surface area contributed by atoms with Crippen molar-refractivity contribution >= 4 is 34.2 Å². The Balaban J connectivity index is 1.33. The van der Waals surface area contributed by atoms with Gasteiger partial charge in [-0.3, -0.25) is 9.59 Å². The fourth-order valence-electron chi connectivity index (χ4n) is 3.24. The average Bonchev–Trinajstić information content (AvgIpc) is 3.50. The number of rotatable bonds is 5. The van der Waals surface area contributed by atoms with E-state index in [4.69, 9.17) is 4.42 Å². The molecule has 8 heteroatoms. The first kappa shape index (κ1) is 19.3. The highest BCUT2D eigenvalue weighted by Crippen LogP contribution is 2.23. The van der Waals surface area contributed by atoms with E-state index < -0.39 is 5.91 Å². The molecule has 0 atom stereocenters. The van der Waals surface area contributed by atoms with Gasteiger partial charge in [-0.1, -0.05) is 18.2 Å². The predicted molar refractivity (Wildman–Crippen MR) is 120 cm³/mol. The number of H-pyrrole nitrogens is 1. The molecule has 3 aromatic carbocycles. The Morgan fingerprint density at radius 1 is 0.844 bits per heavy atom. The highest BCUT2D eigenvalue weighted by molar-refractivity contribution is 6.06. The van der Waals surface area contributed by atoms with Crippen LogP contribution in [-0.4, -0.2) is 26.8 Å². The zero-order chi connectivity index (χ0) is 21.9.